The molecule has 0 radical (unpaired) electrons. The summed E-state index contributed by atoms with van der Waals surface area (Å²) in [7, 11) is 1.60. The molecule has 2 amide bonds. The fraction of sp³-hybridized carbons (Fsp3) is 0.273. The highest BCUT2D eigenvalue weighted by Crippen LogP contribution is 2.23. The van der Waals surface area contributed by atoms with Crippen LogP contribution in [-0.4, -0.2) is 35.6 Å². The number of carboxylic acid groups (broad SMARTS) is 1. The van der Waals surface area contributed by atoms with Gasteiger partial charge in [0.2, 0.25) is 5.91 Å². The van der Waals surface area contributed by atoms with Crippen LogP contribution in [0.5, 0.6) is 0 Å². The van der Waals surface area contributed by atoms with Crippen molar-refractivity contribution in [3.8, 4) is 0 Å². The quantitative estimate of drug-likeness (QED) is 0.887. The van der Waals surface area contributed by atoms with Gasteiger partial charge < -0.3 is 15.3 Å². The van der Waals surface area contributed by atoms with Gasteiger partial charge in [-0.2, -0.15) is 0 Å². The second-order valence-electron chi connectivity index (χ2n) is 3.66. The van der Waals surface area contributed by atoms with Crippen molar-refractivity contribution in [1.82, 2.24) is 10.2 Å². The molecular weight excluding hydrogens is 323 g/mol. The Kier molecular flexibility index (Phi) is 5.43. The average Bonchev–Trinajstić information content (AvgIpc) is 2.30. The van der Waals surface area contributed by atoms with Crippen LogP contribution in [-0.2, 0) is 11.3 Å². The molecule has 0 aromatic heterocycles. The summed E-state index contributed by atoms with van der Waals surface area (Å²) in [6.07, 6.45) is -1.22. The van der Waals surface area contributed by atoms with Crippen LogP contribution in [0.3, 0.4) is 0 Å². The van der Waals surface area contributed by atoms with Crippen molar-refractivity contribution in [2.45, 2.75) is 6.54 Å². The number of halogens is 2. The number of benzene rings is 1. The first-order valence-corrected chi connectivity index (χ1v) is 6.22. The molecule has 0 heterocycles. The highest BCUT2D eigenvalue weighted by Gasteiger charge is 2.10. The van der Waals surface area contributed by atoms with E-state index in [2.05, 4.69) is 15.9 Å². The summed E-state index contributed by atoms with van der Waals surface area (Å²) in [4.78, 5) is 23.2. The van der Waals surface area contributed by atoms with E-state index in [1.54, 1.807) is 19.2 Å². The van der Waals surface area contributed by atoms with Gasteiger partial charge in [0.1, 0.15) is 6.54 Å². The van der Waals surface area contributed by atoms with E-state index >= 15 is 0 Å². The van der Waals surface area contributed by atoms with E-state index in [9.17, 15) is 9.59 Å². The van der Waals surface area contributed by atoms with Gasteiger partial charge in [0.15, 0.2) is 0 Å². The van der Waals surface area contributed by atoms with Crippen LogP contribution in [0.4, 0.5) is 4.79 Å². The zero-order valence-corrected chi connectivity index (χ0v) is 12.0. The second-order valence-corrected chi connectivity index (χ2v) is 4.92. The molecule has 0 fully saturated rings. The van der Waals surface area contributed by atoms with Crippen LogP contribution < -0.4 is 5.32 Å². The third-order valence-corrected chi connectivity index (χ3v) is 3.45. The second kappa shape index (κ2) is 6.61. The molecule has 5 nitrogen and oxygen atoms in total. The SMILES string of the molecule is CN(Cc1ccc(Br)c(Cl)c1)C(=O)CNC(=O)O. The molecule has 0 aliphatic carbocycles. The summed E-state index contributed by atoms with van der Waals surface area (Å²) in [6, 6.07) is 5.38. The molecule has 0 spiro atoms. The molecule has 1 rings (SSSR count). The average molecular weight is 336 g/mol. The Morgan fingerprint density at radius 1 is 1.50 bits per heavy atom. The molecule has 0 unspecified atom stereocenters. The predicted molar refractivity (Wildman–Crippen MR) is 71.7 cm³/mol. The van der Waals surface area contributed by atoms with E-state index in [0.717, 1.165) is 10.0 Å². The lowest BCUT2D eigenvalue weighted by Crippen LogP contribution is -2.37. The van der Waals surface area contributed by atoms with Crippen LogP contribution in [0.25, 0.3) is 0 Å². The number of likely N-dealkylation sites (N-methyl/N-ethyl adjacent to an activating group) is 1. The first-order chi connectivity index (χ1) is 8.40. The Balaban J connectivity index is 2.58. The number of carbonyl (C=O) groups excluding carboxylic acids is 1. The summed E-state index contributed by atoms with van der Waals surface area (Å²) in [6.45, 7) is 0.128. The molecule has 0 bridgehead atoms. The molecule has 0 saturated carbocycles. The van der Waals surface area contributed by atoms with Crippen LogP contribution in [0, 0.1) is 0 Å². The number of carbonyl (C=O) groups is 2. The van der Waals surface area contributed by atoms with E-state index in [-0.39, 0.29) is 12.5 Å². The molecule has 2 N–H and O–H groups in total. The van der Waals surface area contributed by atoms with Gasteiger partial charge in [-0.3, -0.25) is 4.79 Å². The number of amides is 2. The summed E-state index contributed by atoms with van der Waals surface area (Å²) in [5, 5.41) is 11.0. The van der Waals surface area contributed by atoms with Gasteiger partial charge >= 0.3 is 6.09 Å². The van der Waals surface area contributed by atoms with Gasteiger partial charge in [-0.15, -0.1) is 0 Å². The minimum Gasteiger partial charge on any atom is -0.465 e. The fourth-order valence-corrected chi connectivity index (χ4v) is 1.74. The molecule has 98 valence electrons. The lowest BCUT2D eigenvalue weighted by atomic mass is 10.2. The van der Waals surface area contributed by atoms with Gasteiger partial charge in [0.05, 0.1) is 5.02 Å². The smallest absolute Gasteiger partial charge is 0.405 e. The normalized spacial score (nSPS) is 9.94. The van der Waals surface area contributed by atoms with Gasteiger partial charge in [-0.25, -0.2) is 4.79 Å². The number of nitrogens with one attached hydrogen (secondary N) is 1. The van der Waals surface area contributed by atoms with E-state index in [0.29, 0.717) is 11.6 Å². The highest BCUT2D eigenvalue weighted by molar-refractivity contribution is 9.10. The third-order valence-electron chi connectivity index (χ3n) is 2.22. The highest BCUT2D eigenvalue weighted by atomic mass is 79.9. The summed E-state index contributed by atoms with van der Waals surface area (Å²) in [5.41, 5.74) is 0.870. The van der Waals surface area contributed by atoms with Crippen molar-refractivity contribution in [2.24, 2.45) is 0 Å². The number of hydrogen-bond donors (Lipinski definition) is 2. The Morgan fingerprint density at radius 2 is 2.17 bits per heavy atom. The summed E-state index contributed by atoms with van der Waals surface area (Å²) in [5.74, 6) is -0.309. The maximum Gasteiger partial charge on any atom is 0.405 e. The fourth-order valence-electron chi connectivity index (χ4n) is 1.29. The van der Waals surface area contributed by atoms with Gasteiger partial charge in [-0.05, 0) is 33.6 Å². The maximum atomic E-state index is 11.6. The lowest BCUT2D eigenvalue weighted by molar-refractivity contribution is -0.129. The molecule has 7 heteroatoms. The Labute approximate surface area is 118 Å². The lowest BCUT2D eigenvalue weighted by Gasteiger charge is -2.17. The minimum absolute atomic E-state index is 0.240. The van der Waals surface area contributed by atoms with Gasteiger partial charge in [-0.1, -0.05) is 17.7 Å². The van der Waals surface area contributed by atoms with Crippen molar-refractivity contribution >= 4 is 39.5 Å². The molecule has 0 saturated heterocycles. The monoisotopic (exact) mass is 334 g/mol. The zero-order valence-electron chi connectivity index (χ0n) is 9.61. The van der Waals surface area contributed by atoms with Crippen LogP contribution in [0.2, 0.25) is 5.02 Å². The standard InChI is InChI=1S/C11H12BrClN2O3/c1-15(10(16)5-14-11(17)18)6-7-2-3-8(12)9(13)4-7/h2-4,14H,5-6H2,1H3,(H,17,18). The predicted octanol–water partition coefficient (Wildman–Crippen LogP) is 2.33. The first kappa shape index (κ1) is 14.8. The number of rotatable bonds is 4. The van der Waals surface area contributed by atoms with Gasteiger partial charge in [0, 0.05) is 18.1 Å². The molecule has 0 aliphatic rings. The first-order valence-electron chi connectivity index (χ1n) is 5.05. The molecule has 0 aliphatic heterocycles. The molecule has 1 aromatic carbocycles. The van der Waals surface area contributed by atoms with Crippen molar-refractivity contribution in [2.75, 3.05) is 13.6 Å². The van der Waals surface area contributed by atoms with Crippen molar-refractivity contribution in [3.05, 3.63) is 33.3 Å². The molecule has 0 atom stereocenters. The Hall–Kier alpha value is -1.27. The third kappa shape index (κ3) is 4.54. The number of hydrogen-bond acceptors (Lipinski definition) is 2. The van der Waals surface area contributed by atoms with E-state index < -0.39 is 6.09 Å². The Bertz CT molecular complexity index is 468. The molecule has 1 aromatic rings. The van der Waals surface area contributed by atoms with Crippen molar-refractivity contribution in [3.63, 3.8) is 0 Å². The minimum atomic E-state index is -1.22. The van der Waals surface area contributed by atoms with E-state index in [1.807, 2.05) is 11.4 Å². The maximum absolute atomic E-state index is 11.6. The van der Waals surface area contributed by atoms with Crippen molar-refractivity contribution < 1.29 is 14.7 Å². The Morgan fingerprint density at radius 3 is 2.72 bits per heavy atom. The van der Waals surface area contributed by atoms with Crippen LogP contribution in [0.1, 0.15) is 5.56 Å². The summed E-state index contributed by atoms with van der Waals surface area (Å²) < 4.78 is 0.787. The topological polar surface area (TPSA) is 69.6 Å². The molecule has 18 heavy (non-hydrogen) atoms. The van der Waals surface area contributed by atoms with Crippen LogP contribution >= 0.6 is 27.5 Å². The van der Waals surface area contributed by atoms with E-state index in [1.165, 1.54) is 4.90 Å². The zero-order chi connectivity index (χ0) is 13.7. The summed E-state index contributed by atoms with van der Waals surface area (Å²) >= 11 is 9.22. The van der Waals surface area contributed by atoms with Crippen LogP contribution in [0.15, 0.2) is 22.7 Å². The largest absolute Gasteiger partial charge is 0.465 e. The molecular formula is C11H12BrClN2O3. The van der Waals surface area contributed by atoms with Crippen molar-refractivity contribution in [1.29, 1.82) is 0 Å². The van der Waals surface area contributed by atoms with E-state index in [4.69, 9.17) is 16.7 Å². The van der Waals surface area contributed by atoms with Gasteiger partial charge in [0.25, 0.3) is 0 Å². The number of nitrogens with zero attached hydrogens (tertiary/aromatic N) is 1.